The number of carbonyl (C=O) groups excluding carboxylic acids is 1. The Morgan fingerprint density at radius 1 is 1.56 bits per heavy atom. The molecule has 1 aliphatic rings. The first-order valence-corrected chi connectivity index (χ1v) is 6.30. The molecule has 2 amide bonds. The first-order valence-electron chi connectivity index (χ1n) is 6.30. The van der Waals surface area contributed by atoms with Crippen molar-refractivity contribution >= 4 is 12.0 Å². The Bertz CT molecular complexity index is 308. The van der Waals surface area contributed by atoms with E-state index in [0.29, 0.717) is 13.2 Å². The quantitative estimate of drug-likeness (QED) is 0.768. The number of ether oxygens (including phenoxy) is 1. The van der Waals surface area contributed by atoms with Crippen molar-refractivity contribution in [3.63, 3.8) is 0 Å². The number of carbonyl (C=O) groups is 2. The molecule has 0 aromatic heterocycles. The zero-order valence-corrected chi connectivity index (χ0v) is 11.2. The third kappa shape index (κ3) is 3.35. The number of rotatable bonds is 5. The third-order valence-electron chi connectivity index (χ3n) is 3.40. The van der Waals surface area contributed by atoms with E-state index in [0.717, 1.165) is 12.8 Å². The molecule has 0 bridgehead atoms. The fourth-order valence-electron chi connectivity index (χ4n) is 2.27. The van der Waals surface area contributed by atoms with Crippen molar-refractivity contribution in [3.8, 4) is 0 Å². The SMILES string of the molecule is CCC(COC)NC(=O)N1CCC(C)C1C(=O)O. The standard InChI is InChI=1S/C12H22N2O4/c1-4-9(7-18-3)13-12(17)14-6-5-8(2)10(14)11(15)16/h8-10H,4-7H2,1-3H3,(H,13,17)(H,15,16). The lowest BCUT2D eigenvalue weighted by Crippen LogP contribution is -2.51. The highest BCUT2D eigenvalue weighted by atomic mass is 16.5. The number of nitrogens with zero attached hydrogens (tertiary/aromatic N) is 1. The monoisotopic (exact) mass is 258 g/mol. The average molecular weight is 258 g/mol. The summed E-state index contributed by atoms with van der Waals surface area (Å²) < 4.78 is 5.00. The van der Waals surface area contributed by atoms with Gasteiger partial charge in [0.2, 0.25) is 0 Å². The van der Waals surface area contributed by atoms with Gasteiger partial charge >= 0.3 is 12.0 Å². The van der Waals surface area contributed by atoms with E-state index in [1.165, 1.54) is 4.90 Å². The summed E-state index contributed by atoms with van der Waals surface area (Å²) in [5.74, 6) is -0.939. The summed E-state index contributed by atoms with van der Waals surface area (Å²) >= 11 is 0. The molecule has 0 aromatic rings. The highest BCUT2D eigenvalue weighted by Crippen LogP contribution is 2.24. The molecule has 1 rings (SSSR count). The highest BCUT2D eigenvalue weighted by Gasteiger charge is 2.39. The van der Waals surface area contributed by atoms with Gasteiger partial charge in [-0.2, -0.15) is 0 Å². The Hall–Kier alpha value is -1.30. The second-order valence-electron chi connectivity index (χ2n) is 4.75. The molecule has 1 heterocycles. The lowest BCUT2D eigenvalue weighted by Gasteiger charge is -2.26. The van der Waals surface area contributed by atoms with Crippen LogP contribution in [0.25, 0.3) is 0 Å². The number of hydrogen-bond donors (Lipinski definition) is 2. The molecule has 0 aliphatic carbocycles. The van der Waals surface area contributed by atoms with Crippen LogP contribution in [0.3, 0.4) is 0 Å². The minimum Gasteiger partial charge on any atom is -0.480 e. The fourth-order valence-corrected chi connectivity index (χ4v) is 2.27. The molecule has 1 saturated heterocycles. The van der Waals surface area contributed by atoms with Crippen LogP contribution in [0.1, 0.15) is 26.7 Å². The Morgan fingerprint density at radius 2 is 2.22 bits per heavy atom. The van der Waals surface area contributed by atoms with Crippen LogP contribution in [0.15, 0.2) is 0 Å². The number of likely N-dealkylation sites (tertiary alicyclic amines) is 1. The van der Waals surface area contributed by atoms with Crippen LogP contribution in [-0.4, -0.2) is 54.4 Å². The van der Waals surface area contributed by atoms with E-state index in [1.54, 1.807) is 7.11 Å². The molecule has 1 aliphatic heterocycles. The van der Waals surface area contributed by atoms with Gasteiger partial charge in [0.15, 0.2) is 0 Å². The topological polar surface area (TPSA) is 78.9 Å². The highest BCUT2D eigenvalue weighted by molar-refractivity contribution is 5.83. The summed E-state index contributed by atoms with van der Waals surface area (Å²) in [6.07, 6.45) is 1.48. The predicted octanol–water partition coefficient (Wildman–Crippen LogP) is 0.916. The maximum Gasteiger partial charge on any atom is 0.326 e. The van der Waals surface area contributed by atoms with Crippen LogP contribution in [0.5, 0.6) is 0 Å². The van der Waals surface area contributed by atoms with E-state index in [4.69, 9.17) is 9.84 Å². The van der Waals surface area contributed by atoms with Crippen molar-refractivity contribution in [1.29, 1.82) is 0 Å². The van der Waals surface area contributed by atoms with Gasteiger partial charge in [-0.05, 0) is 18.8 Å². The maximum absolute atomic E-state index is 12.0. The van der Waals surface area contributed by atoms with Crippen molar-refractivity contribution in [2.75, 3.05) is 20.3 Å². The summed E-state index contributed by atoms with van der Waals surface area (Å²) in [6, 6.07) is -1.10. The lowest BCUT2D eigenvalue weighted by atomic mass is 10.0. The average Bonchev–Trinajstić information content (AvgIpc) is 2.70. The van der Waals surface area contributed by atoms with E-state index in [2.05, 4.69) is 5.32 Å². The molecular weight excluding hydrogens is 236 g/mol. The van der Waals surface area contributed by atoms with Gasteiger partial charge in [-0.1, -0.05) is 13.8 Å². The van der Waals surface area contributed by atoms with Crippen molar-refractivity contribution in [3.05, 3.63) is 0 Å². The molecule has 2 N–H and O–H groups in total. The van der Waals surface area contributed by atoms with Crippen molar-refractivity contribution < 1.29 is 19.4 Å². The van der Waals surface area contributed by atoms with E-state index in [-0.39, 0.29) is 18.0 Å². The first kappa shape index (κ1) is 14.8. The number of nitrogens with one attached hydrogen (secondary N) is 1. The van der Waals surface area contributed by atoms with Crippen LogP contribution in [0.4, 0.5) is 4.79 Å². The van der Waals surface area contributed by atoms with Crippen LogP contribution in [-0.2, 0) is 9.53 Å². The normalized spacial score (nSPS) is 24.9. The third-order valence-corrected chi connectivity index (χ3v) is 3.40. The van der Waals surface area contributed by atoms with Gasteiger partial charge in [-0.15, -0.1) is 0 Å². The fraction of sp³-hybridized carbons (Fsp3) is 0.833. The van der Waals surface area contributed by atoms with Gasteiger partial charge in [-0.25, -0.2) is 9.59 Å². The van der Waals surface area contributed by atoms with Gasteiger partial charge < -0.3 is 20.1 Å². The minimum absolute atomic E-state index is 0.00393. The molecule has 0 aromatic carbocycles. The summed E-state index contributed by atoms with van der Waals surface area (Å²) in [5.41, 5.74) is 0. The zero-order valence-electron chi connectivity index (χ0n) is 11.2. The smallest absolute Gasteiger partial charge is 0.326 e. The van der Waals surface area contributed by atoms with Gasteiger partial charge in [0.25, 0.3) is 0 Å². The van der Waals surface area contributed by atoms with Crippen LogP contribution >= 0.6 is 0 Å². The van der Waals surface area contributed by atoms with Gasteiger partial charge in [0, 0.05) is 13.7 Å². The number of methoxy groups -OCH3 is 1. The van der Waals surface area contributed by atoms with Crippen LogP contribution in [0, 0.1) is 5.92 Å². The Morgan fingerprint density at radius 3 is 2.72 bits per heavy atom. The maximum atomic E-state index is 12.0. The predicted molar refractivity (Wildman–Crippen MR) is 66.4 cm³/mol. The molecule has 3 unspecified atom stereocenters. The first-order chi connectivity index (χ1) is 8.51. The van der Waals surface area contributed by atoms with E-state index in [1.807, 2.05) is 13.8 Å². The molecular formula is C12H22N2O4. The summed E-state index contributed by atoms with van der Waals surface area (Å²) in [4.78, 5) is 24.6. The molecule has 18 heavy (non-hydrogen) atoms. The molecule has 6 heteroatoms. The number of carboxylic acids is 1. The largest absolute Gasteiger partial charge is 0.480 e. The van der Waals surface area contributed by atoms with Gasteiger partial charge in [-0.3, -0.25) is 0 Å². The minimum atomic E-state index is -0.935. The molecule has 0 spiro atoms. The van der Waals surface area contributed by atoms with Crippen molar-refractivity contribution in [2.45, 2.75) is 38.8 Å². The van der Waals surface area contributed by atoms with Gasteiger partial charge in [0.1, 0.15) is 6.04 Å². The second-order valence-corrected chi connectivity index (χ2v) is 4.75. The van der Waals surface area contributed by atoms with Crippen LogP contribution in [0.2, 0.25) is 0 Å². The number of hydrogen-bond acceptors (Lipinski definition) is 3. The summed E-state index contributed by atoms with van der Waals surface area (Å²) in [7, 11) is 1.58. The number of urea groups is 1. The Balaban J connectivity index is 2.63. The van der Waals surface area contributed by atoms with Gasteiger partial charge in [0.05, 0.1) is 12.6 Å². The zero-order chi connectivity index (χ0) is 13.7. The molecule has 0 saturated carbocycles. The number of carboxylic acid groups (broad SMARTS) is 1. The summed E-state index contributed by atoms with van der Waals surface area (Å²) in [6.45, 7) is 4.74. The number of aliphatic carboxylic acids is 1. The van der Waals surface area contributed by atoms with E-state index >= 15 is 0 Å². The second kappa shape index (κ2) is 6.58. The molecule has 1 fully saturated rings. The molecule has 104 valence electrons. The van der Waals surface area contributed by atoms with E-state index < -0.39 is 12.0 Å². The number of amides is 2. The summed E-state index contributed by atoms with van der Waals surface area (Å²) in [5, 5.41) is 12.0. The van der Waals surface area contributed by atoms with Crippen LogP contribution < -0.4 is 5.32 Å². The van der Waals surface area contributed by atoms with Crippen molar-refractivity contribution in [1.82, 2.24) is 10.2 Å². The Kier molecular flexibility index (Phi) is 5.40. The van der Waals surface area contributed by atoms with Crippen molar-refractivity contribution in [2.24, 2.45) is 5.92 Å². The molecule has 6 nitrogen and oxygen atoms in total. The lowest BCUT2D eigenvalue weighted by molar-refractivity contribution is -0.142. The molecule has 3 atom stereocenters. The van der Waals surface area contributed by atoms with E-state index in [9.17, 15) is 9.59 Å². The molecule has 0 radical (unpaired) electrons. The Labute approximate surface area is 107 Å².